The van der Waals surface area contributed by atoms with Gasteiger partial charge >= 0.3 is 0 Å². The van der Waals surface area contributed by atoms with Crippen LogP contribution in [0.2, 0.25) is 0 Å². The number of nitrogens with one attached hydrogen (secondary N) is 1. The lowest BCUT2D eigenvalue weighted by Gasteiger charge is -2.17. The summed E-state index contributed by atoms with van der Waals surface area (Å²) in [6, 6.07) is 4.44. The van der Waals surface area contributed by atoms with Gasteiger partial charge in [-0.05, 0) is 30.7 Å². The Hall–Kier alpha value is -1.13. The zero-order valence-corrected chi connectivity index (χ0v) is 8.53. The average molecular weight is 211 g/mol. The van der Waals surface area contributed by atoms with Crippen LogP contribution < -0.4 is 5.32 Å². The Kier molecular flexibility index (Phi) is 2.88. The van der Waals surface area contributed by atoms with Crippen molar-refractivity contribution in [2.24, 2.45) is 0 Å². The molecule has 0 spiro atoms. The number of aliphatic hydroxyl groups is 1. The van der Waals surface area contributed by atoms with E-state index in [0.29, 0.717) is 13.2 Å². The maximum atomic E-state index is 12.8. The van der Waals surface area contributed by atoms with Gasteiger partial charge in [0.2, 0.25) is 0 Å². The molecule has 2 rings (SSSR count). The molecule has 82 valence electrons. The van der Waals surface area contributed by atoms with Crippen molar-refractivity contribution in [3.05, 3.63) is 29.6 Å². The Morgan fingerprint density at radius 3 is 2.87 bits per heavy atom. The molecule has 2 N–H and O–H groups in total. The van der Waals surface area contributed by atoms with Crippen LogP contribution in [0, 0.1) is 12.7 Å². The molecule has 2 unspecified atom stereocenters. The SMILES string of the molecule is Cc1cc(F)ccc1NC1COCC1O. The number of ether oxygens (including phenoxy) is 1. The van der Waals surface area contributed by atoms with Crippen molar-refractivity contribution in [3.63, 3.8) is 0 Å². The van der Waals surface area contributed by atoms with Gasteiger partial charge in [0, 0.05) is 5.69 Å². The molecule has 0 radical (unpaired) electrons. The number of aliphatic hydroxyl groups excluding tert-OH is 1. The van der Waals surface area contributed by atoms with E-state index in [1.807, 2.05) is 6.92 Å². The molecule has 1 aromatic rings. The topological polar surface area (TPSA) is 41.5 Å². The molecule has 0 saturated carbocycles. The van der Waals surface area contributed by atoms with Crippen molar-refractivity contribution >= 4 is 5.69 Å². The normalized spacial score (nSPS) is 25.5. The predicted octanol–water partition coefficient (Wildman–Crippen LogP) is 1.31. The van der Waals surface area contributed by atoms with Gasteiger partial charge in [0.05, 0.1) is 25.4 Å². The Labute approximate surface area is 87.9 Å². The standard InChI is InChI=1S/C11H14FNO2/c1-7-4-8(12)2-3-9(7)13-10-5-15-6-11(10)14/h2-4,10-11,13-14H,5-6H2,1H3. The lowest BCUT2D eigenvalue weighted by atomic mass is 10.1. The summed E-state index contributed by atoms with van der Waals surface area (Å²) >= 11 is 0. The van der Waals surface area contributed by atoms with E-state index in [-0.39, 0.29) is 11.9 Å². The van der Waals surface area contributed by atoms with Crippen molar-refractivity contribution in [1.82, 2.24) is 0 Å². The first kappa shape index (κ1) is 10.4. The summed E-state index contributed by atoms with van der Waals surface area (Å²) in [5, 5.41) is 12.7. The summed E-state index contributed by atoms with van der Waals surface area (Å²) in [5.74, 6) is -0.249. The quantitative estimate of drug-likeness (QED) is 0.775. The molecular formula is C11H14FNO2. The highest BCUT2D eigenvalue weighted by molar-refractivity contribution is 5.51. The second-order valence-corrected chi connectivity index (χ2v) is 3.81. The minimum absolute atomic E-state index is 0.103. The van der Waals surface area contributed by atoms with Crippen molar-refractivity contribution in [2.45, 2.75) is 19.1 Å². The third-order valence-corrected chi connectivity index (χ3v) is 2.58. The molecular weight excluding hydrogens is 197 g/mol. The molecule has 0 bridgehead atoms. The molecule has 0 aliphatic carbocycles. The number of aryl methyl sites for hydroxylation is 1. The van der Waals surface area contributed by atoms with Gasteiger partial charge in [-0.1, -0.05) is 0 Å². The molecule has 15 heavy (non-hydrogen) atoms. The third-order valence-electron chi connectivity index (χ3n) is 2.58. The van der Waals surface area contributed by atoms with Gasteiger partial charge in [-0.3, -0.25) is 0 Å². The summed E-state index contributed by atoms with van der Waals surface area (Å²) in [6.45, 7) is 2.67. The van der Waals surface area contributed by atoms with Crippen LogP contribution in [-0.4, -0.2) is 30.5 Å². The second-order valence-electron chi connectivity index (χ2n) is 3.81. The smallest absolute Gasteiger partial charge is 0.123 e. The molecule has 1 saturated heterocycles. The fourth-order valence-electron chi connectivity index (χ4n) is 1.67. The highest BCUT2D eigenvalue weighted by Gasteiger charge is 2.26. The Bertz CT molecular complexity index is 356. The zero-order chi connectivity index (χ0) is 10.8. The van der Waals surface area contributed by atoms with E-state index >= 15 is 0 Å². The van der Waals surface area contributed by atoms with E-state index in [0.717, 1.165) is 11.3 Å². The molecule has 2 atom stereocenters. The largest absolute Gasteiger partial charge is 0.388 e. The van der Waals surface area contributed by atoms with Crippen molar-refractivity contribution < 1.29 is 14.2 Å². The van der Waals surface area contributed by atoms with E-state index in [1.54, 1.807) is 6.07 Å². The molecule has 0 aromatic heterocycles. The van der Waals surface area contributed by atoms with Crippen LogP contribution in [0.1, 0.15) is 5.56 Å². The van der Waals surface area contributed by atoms with E-state index < -0.39 is 6.10 Å². The second kappa shape index (κ2) is 4.16. The number of hydrogen-bond acceptors (Lipinski definition) is 3. The number of benzene rings is 1. The number of rotatable bonds is 2. The van der Waals surface area contributed by atoms with Crippen LogP contribution in [0.25, 0.3) is 0 Å². The number of halogens is 1. The summed E-state index contributed by atoms with van der Waals surface area (Å²) in [6.07, 6.45) is -0.491. The maximum Gasteiger partial charge on any atom is 0.123 e. The minimum Gasteiger partial charge on any atom is -0.388 e. The summed E-state index contributed by atoms with van der Waals surface area (Å²) < 4.78 is 18.0. The molecule has 1 aromatic carbocycles. The molecule has 3 nitrogen and oxygen atoms in total. The maximum absolute atomic E-state index is 12.8. The van der Waals surface area contributed by atoms with Gasteiger partial charge in [-0.25, -0.2) is 4.39 Å². The Morgan fingerprint density at radius 2 is 2.27 bits per heavy atom. The van der Waals surface area contributed by atoms with Crippen LogP contribution in [0.4, 0.5) is 10.1 Å². The lowest BCUT2D eigenvalue weighted by molar-refractivity contribution is 0.125. The molecule has 1 fully saturated rings. The zero-order valence-electron chi connectivity index (χ0n) is 8.53. The van der Waals surface area contributed by atoms with E-state index in [9.17, 15) is 9.50 Å². The van der Waals surface area contributed by atoms with Crippen LogP contribution >= 0.6 is 0 Å². The van der Waals surface area contributed by atoms with Crippen LogP contribution in [0.5, 0.6) is 0 Å². The molecule has 4 heteroatoms. The first-order chi connectivity index (χ1) is 7.16. The minimum atomic E-state index is -0.491. The van der Waals surface area contributed by atoms with E-state index in [2.05, 4.69) is 5.32 Å². The van der Waals surface area contributed by atoms with Gasteiger partial charge in [0.25, 0.3) is 0 Å². The summed E-state index contributed by atoms with van der Waals surface area (Å²) in [4.78, 5) is 0. The fourth-order valence-corrected chi connectivity index (χ4v) is 1.67. The molecule has 1 aliphatic rings. The first-order valence-electron chi connectivity index (χ1n) is 4.95. The number of hydrogen-bond donors (Lipinski definition) is 2. The van der Waals surface area contributed by atoms with Gasteiger partial charge in [0.15, 0.2) is 0 Å². The van der Waals surface area contributed by atoms with Crippen molar-refractivity contribution in [1.29, 1.82) is 0 Å². The summed E-state index contributed by atoms with van der Waals surface area (Å²) in [7, 11) is 0. The molecule has 1 aliphatic heterocycles. The van der Waals surface area contributed by atoms with Crippen LogP contribution in [0.15, 0.2) is 18.2 Å². The average Bonchev–Trinajstić information content (AvgIpc) is 2.57. The van der Waals surface area contributed by atoms with Crippen LogP contribution in [-0.2, 0) is 4.74 Å². The highest BCUT2D eigenvalue weighted by Crippen LogP contribution is 2.19. The molecule has 1 heterocycles. The third kappa shape index (κ3) is 2.27. The van der Waals surface area contributed by atoms with E-state index in [1.165, 1.54) is 12.1 Å². The van der Waals surface area contributed by atoms with Gasteiger partial charge < -0.3 is 15.2 Å². The fraction of sp³-hybridized carbons (Fsp3) is 0.455. The Balaban J connectivity index is 2.10. The number of anilines is 1. The predicted molar refractivity (Wildman–Crippen MR) is 55.4 cm³/mol. The lowest BCUT2D eigenvalue weighted by Crippen LogP contribution is -2.32. The van der Waals surface area contributed by atoms with Crippen molar-refractivity contribution in [2.75, 3.05) is 18.5 Å². The van der Waals surface area contributed by atoms with Gasteiger partial charge in [-0.15, -0.1) is 0 Å². The highest BCUT2D eigenvalue weighted by atomic mass is 19.1. The van der Waals surface area contributed by atoms with Gasteiger partial charge in [-0.2, -0.15) is 0 Å². The van der Waals surface area contributed by atoms with Gasteiger partial charge in [0.1, 0.15) is 5.82 Å². The Morgan fingerprint density at radius 1 is 1.47 bits per heavy atom. The summed E-state index contributed by atoms with van der Waals surface area (Å²) in [5.41, 5.74) is 1.67. The monoisotopic (exact) mass is 211 g/mol. The molecule has 0 amide bonds. The van der Waals surface area contributed by atoms with E-state index in [4.69, 9.17) is 4.74 Å². The first-order valence-corrected chi connectivity index (χ1v) is 4.95. The van der Waals surface area contributed by atoms with Crippen molar-refractivity contribution in [3.8, 4) is 0 Å². The van der Waals surface area contributed by atoms with Crippen LogP contribution in [0.3, 0.4) is 0 Å².